The molecular formula is C20H14CoMnN4. The molecule has 26 heavy (non-hydrogen) atoms. The Morgan fingerprint density at radius 1 is 0.500 bits per heavy atom. The molecule has 2 aliphatic heterocycles. The fourth-order valence-corrected chi connectivity index (χ4v) is 2.94. The van der Waals surface area contributed by atoms with Crippen molar-refractivity contribution in [2.75, 3.05) is 0 Å². The number of rotatable bonds is 0. The van der Waals surface area contributed by atoms with E-state index in [-0.39, 0.29) is 33.8 Å². The Labute approximate surface area is 171 Å². The van der Waals surface area contributed by atoms with Gasteiger partial charge < -0.3 is 9.97 Å². The van der Waals surface area contributed by atoms with Crippen molar-refractivity contribution >= 4 is 46.4 Å². The largest absolute Gasteiger partial charge is 0.355 e. The second-order valence-corrected chi connectivity index (χ2v) is 5.91. The van der Waals surface area contributed by atoms with Crippen LogP contribution in [0.2, 0.25) is 0 Å². The third kappa shape index (κ3) is 3.74. The molecule has 0 aliphatic carbocycles. The van der Waals surface area contributed by atoms with Crippen molar-refractivity contribution in [2.45, 2.75) is 0 Å². The van der Waals surface area contributed by atoms with Crippen molar-refractivity contribution < 1.29 is 33.8 Å². The molecule has 3 aromatic rings. The molecule has 2 aliphatic rings. The summed E-state index contributed by atoms with van der Waals surface area (Å²) in [6.07, 6.45) is 8.05. The Morgan fingerprint density at radius 3 is 1.27 bits per heavy atom. The molecule has 0 aromatic carbocycles. The fraction of sp³-hybridized carbons (Fsp3) is 0. The molecule has 4 nitrogen and oxygen atoms in total. The quantitative estimate of drug-likeness (QED) is 0.356. The van der Waals surface area contributed by atoms with Gasteiger partial charge in [0, 0.05) is 55.9 Å². The minimum Gasteiger partial charge on any atom is -0.355 e. The van der Waals surface area contributed by atoms with Crippen LogP contribution >= 0.6 is 0 Å². The van der Waals surface area contributed by atoms with Crippen LogP contribution in [0.3, 0.4) is 0 Å². The number of hydrogen-bond donors (Lipinski definition) is 2. The summed E-state index contributed by atoms with van der Waals surface area (Å²) < 4.78 is 0. The van der Waals surface area contributed by atoms with Crippen molar-refractivity contribution in [1.29, 1.82) is 0 Å². The van der Waals surface area contributed by atoms with E-state index in [2.05, 4.69) is 50.3 Å². The summed E-state index contributed by atoms with van der Waals surface area (Å²) >= 11 is 0. The molecular weight excluding hydrogens is 410 g/mol. The molecule has 2 radical (unpaired) electrons. The normalized spacial score (nSPS) is 11.7. The number of nitrogens with one attached hydrogen (secondary N) is 2. The van der Waals surface area contributed by atoms with Crippen LogP contribution in [0.15, 0.2) is 48.5 Å². The Bertz CT molecular complexity index is 1080. The molecule has 130 valence electrons. The Hall–Kier alpha value is -2.37. The second-order valence-electron chi connectivity index (χ2n) is 5.91. The van der Waals surface area contributed by atoms with E-state index < -0.39 is 0 Å². The first-order valence-electron chi connectivity index (χ1n) is 7.85. The molecule has 5 heterocycles. The van der Waals surface area contributed by atoms with E-state index in [1.807, 2.05) is 42.5 Å². The Morgan fingerprint density at radius 2 is 0.846 bits per heavy atom. The van der Waals surface area contributed by atoms with Gasteiger partial charge in [0.05, 0.1) is 22.8 Å². The SMILES string of the molecule is C1=Cc2cc3ccc(cc4ccc(cc5nc(cc1n2)C=C5)[nH]4)[nH]3.[Co].[Mn]. The van der Waals surface area contributed by atoms with Crippen LogP contribution in [-0.4, -0.2) is 19.9 Å². The van der Waals surface area contributed by atoms with E-state index in [4.69, 9.17) is 0 Å². The van der Waals surface area contributed by atoms with Gasteiger partial charge in [0.25, 0.3) is 0 Å². The summed E-state index contributed by atoms with van der Waals surface area (Å²) in [6.45, 7) is 0. The molecule has 8 bridgehead atoms. The molecule has 0 atom stereocenters. The average Bonchev–Trinajstić information content (AvgIpc) is 3.32. The molecule has 2 N–H and O–H groups in total. The maximum absolute atomic E-state index is 4.62. The minimum atomic E-state index is 0. The molecule has 5 rings (SSSR count). The molecule has 3 aromatic heterocycles. The zero-order valence-electron chi connectivity index (χ0n) is 13.5. The van der Waals surface area contributed by atoms with Crippen molar-refractivity contribution in [3.05, 3.63) is 71.3 Å². The van der Waals surface area contributed by atoms with E-state index >= 15 is 0 Å². The van der Waals surface area contributed by atoms with Crippen LogP contribution in [0.5, 0.6) is 0 Å². The van der Waals surface area contributed by atoms with Crippen molar-refractivity contribution in [3.8, 4) is 0 Å². The number of nitrogens with zero attached hydrogens (tertiary/aromatic N) is 2. The van der Waals surface area contributed by atoms with Gasteiger partial charge in [0.15, 0.2) is 0 Å². The Balaban J connectivity index is 0.000000980. The van der Waals surface area contributed by atoms with E-state index in [0.29, 0.717) is 0 Å². The predicted octanol–water partition coefficient (Wildman–Crippen LogP) is 4.65. The summed E-state index contributed by atoms with van der Waals surface area (Å²) in [7, 11) is 0. The van der Waals surface area contributed by atoms with Crippen molar-refractivity contribution in [1.82, 2.24) is 19.9 Å². The minimum absolute atomic E-state index is 0. The average molecular weight is 424 g/mol. The number of hydrogen-bond acceptors (Lipinski definition) is 2. The van der Waals surface area contributed by atoms with Gasteiger partial charge in [-0.3, -0.25) is 0 Å². The van der Waals surface area contributed by atoms with Gasteiger partial charge in [-0.05, 0) is 72.8 Å². The van der Waals surface area contributed by atoms with Crippen LogP contribution in [0.1, 0.15) is 22.8 Å². The van der Waals surface area contributed by atoms with Gasteiger partial charge in [0.1, 0.15) is 0 Å². The zero-order valence-corrected chi connectivity index (χ0v) is 15.8. The van der Waals surface area contributed by atoms with Crippen LogP contribution in [0, 0.1) is 0 Å². The predicted molar refractivity (Wildman–Crippen MR) is 98.9 cm³/mol. The fourth-order valence-electron chi connectivity index (χ4n) is 2.94. The van der Waals surface area contributed by atoms with Crippen LogP contribution < -0.4 is 0 Å². The van der Waals surface area contributed by atoms with Crippen LogP contribution in [0.25, 0.3) is 46.4 Å². The maximum atomic E-state index is 4.62. The van der Waals surface area contributed by atoms with Gasteiger partial charge in [-0.15, -0.1) is 0 Å². The zero-order chi connectivity index (χ0) is 15.9. The Kier molecular flexibility index (Phi) is 5.29. The van der Waals surface area contributed by atoms with Gasteiger partial charge in [-0.1, -0.05) is 0 Å². The molecule has 0 spiro atoms. The standard InChI is InChI=1S/C20H14N4.Co.Mn/c1-2-14-10-16-5-6-18(23-16)12-20-8-7-19(24-20)11-17-4-3-15(22-17)9-13(1)21-14;;/h1-12,21-22H;;. The van der Waals surface area contributed by atoms with E-state index in [0.717, 1.165) is 44.8 Å². The third-order valence-corrected chi connectivity index (χ3v) is 4.04. The molecule has 6 heteroatoms. The van der Waals surface area contributed by atoms with Gasteiger partial charge in [-0.25, -0.2) is 9.97 Å². The van der Waals surface area contributed by atoms with E-state index in [9.17, 15) is 0 Å². The van der Waals surface area contributed by atoms with Gasteiger partial charge >= 0.3 is 0 Å². The molecule has 0 saturated carbocycles. The van der Waals surface area contributed by atoms with Crippen molar-refractivity contribution in [3.63, 3.8) is 0 Å². The molecule has 0 saturated heterocycles. The van der Waals surface area contributed by atoms with Gasteiger partial charge in [-0.2, -0.15) is 0 Å². The smallest absolute Gasteiger partial charge is 0.0659 e. The summed E-state index contributed by atoms with van der Waals surface area (Å²) in [5.41, 5.74) is 7.86. The molecule has 0 unspecified atom stereocenters. The monoisotopic (exact) mass is 424 g/mol. The van der Waals surface area contributed by atoms with Crippen molar-refractivity contribution in [2.24, 2.45) is 0 Å². The number of fused-ring (bicyclic) bond motifs is 8. The number of aromatic amines is 2. The summed E-state index contributed by atoms with van der Waals surface area (Å²) in [5.74, 6) is 0. The second kappa shape index (κ2) is 7.47. The molecule has 0 fully saturated rings. The van der Waals surface area contributed by atoms with Crippen LogP contribution in [-0.2, 0) is 33.8 Å². The van der Waals surface area contributed by atoms with Gasteiger partial charge in [0.2, 0.25) is 0 Å². The topological polar surface area (TPSA) is 57.4 Å². The van der Waals surface area contributed by atoms with E-state index in [1.165, 1.54) is 0 Å². The number of aromatic nitrogens is 4. The summed E-state index contributed by atoms with van der Waals surface area (Å²) in [4.78, 5) is 16.0. The first-order valence-corrected chi connectivity index (χ1v) is 7.85. The van der Waals surface area contributed by atoms with Crippen LogP contribution in [0.4, 0.5) is 0 Å². The first-order chi connectivity index (χ1) is 11.8. The summed E-state index contributed by atoms with van der Waals surface area (Å²) in [5, 5.41) is 0. The van der Waals surface area contributed by atoms with E-state index in [1.54, 1.807) is 0 Å². The number of H-pyrrole nitrogens is 2. The first kappa shape index (κ1) is 18.4. The summed E-state index contributed by atoms with van der Waals surface area (Å²) in [6, 6.07) is 16.4. The third-order valence-electron chi connectivity index (χ3n) is 4.04. The maximum Gasteiger partial charge on any atom is 0.0659 e. The molecule has 0 amide bonds.